The van der Waals surface area contributed by atoms with Crippen LogP contribution in [-0.2, 0) is 18.4 Å². The Balaban J connectivity index is 1.47. The molecule has 2 heterocycles. The van der Waals surface area contributed by atoms with E-state index in [0.717, 1.165) is 18.8 Å². The van der Waals surface area contributed by atoms with Gasteiger partial charge in [-0.15, -0.1) is 0 Å². The molecule has 0 unspecified atom stereocenters. The molecule has 7 nitrogen and oxygen atoms in total. The molecule has 7 heteroatoms. The van der Waals surface area contributed by atoms with Gasteiger partial charge in [0.2, 0.25) is 0 Å². The molecule has 3 aliphatic rings. The van der Waals surface area contributed by atoms with Gasteiger partial charge in [-0.05, 0) is 24.7 Å². The lowest BCUT2D eigenvalue weighted by molar-refractivity contribution is -0.138. The Morgan fingerprint density at radius 1 is 1.33 bits per heavy atom. The summed E-state index contributed by atoms with van der Waals surface area (Å²) in [7, 11) is 1.76. The van der Waals surface area contributed by atoms with Gasteiger partial charge in [-0.2, -0.15) is 5.10 Å². The molecule has 1 aromatic rings. The predicted molar refractivity (Wildman–Crippen MR) is 72.9 cm³/mol. The van der Waals surface area contributed by atoms with Gasteiger partial charge in [-0.25, -0.2) is 9.78 Å². The van der Waals surface area contributed by atoms with Gasteiger partial charge >= 0.3 is 6.03 Å². The minimum Gasteiger partial charge on any atom is -0.323 e. The van der Waals surface area contributed by atoms with Crippen molar-refractivity contribution in [2.24, 2.45) is 18.9 Å². The molecule has 3 amide bonds. The minimum absolute atomic E-state index is 0.0916. The Morgan fingerprint density at radius 2 is 2.10 bits per heavy atom. The highest BCUT2D eigenvalue weighted by Crippen LogP contribution is 2.50. The van der Waals surface area contributed by atoms with Crippen molar-refractivity contribution in [3.63, 3.8) is 0 Å². The topological polar surface area (TPSA) is 80.1 Å². The van der Waals surface area contributed by atoms with E-state index in [9.17, 15) is 9.59 Å². The lowest BCUT2D eigenvalue weighted by Gasteiger charge is -2.49. The Labute approximate surface area is 122 Å². The fraction of sp³-hybridized carbons (Fsp3) is 0.714. The van der Waals surface area contributed by atoms with Gasteiger partial charge < -0.3 is 5.32 Å². The third-order valence-electron chi connectivity index (χ3n) is 5.39. The van der Waals surface area contributed by atoms with Crippen molar-refractivity contribution in [3.8, 4) is 0 Å². The Kier molecular flexibility index (Phi) is 2.61. The highest BCUT2D eigenvalue weighted by atomic mass is 16.2. The molecule has 1 N–H and O–H groups in total. The van der Waals surface area contributed by atoms with Crippen LogP contribution in [-0.4, -0.2) is 37.1 Å². The van der Waals surface area contributed by atoms with Gasteiger partial charge in [-0.3, -0.25) is 14.4 Å². The molecule has 1 aliphatic heterocycles. The standard InChI is InChI=1S/C14H19N5O2/c1-18-11(15-8-16-18)7-19-12(20)14(17-13(19)21)5-10(6-14)9-3-2-4-9/h8-10H,2-7H2,1H3,(H,17,21). The second-order valence-corrected chi connectivity index (χ2v) is 6.56. The van der Waals surface area contributed by atoms with E-state index in [4.69, 9.17) is 0 Å². The third-order valence-corrected chi connectivity index (χ3v) is 5.39. The quantitative estimate of drug-likeness (QED) is 0.835. The summed E-state index contributed by atoms with van der Waals surface area (Å²) in [4.78, 5) is 30.1. The molecule has 0 aromatic carbocycles. The van der Waals surface area contributed by atoms with Crippen molar-refractivity contribution in [2.45, 2.75) is 44.2 Å². The van der Waals surface area contributed by atoms with Gasteiger partial charge in [0.1, 0.15) is 17.7 Å². The van der Waals surface area contributed by atoms with Crippen LogP contribution in [0.5, 0.6) is 0 Å². The number of aryl methyl sites for hydroxylation is 1. The van der Waals surface area contributed by atoms with Crippen LogP contribution in [0.4, 0.5) is 4.79 Å². The zero-order valence-electron chi connectivity index (χ0n) is 12.1. The predicted octanol–water partition coefficient (Wildman–Crippen LogP) is 0.816. The highest BCUT2D eigenvalue weighted by Gasteiger charge is 2.60. The number of rotatable bonds is 3. The Hall–Kier alpha value is -1.92. The molecule has 2 saturated carbocycles. The van der Waals surface area contributed by atoms with Crippen LogP contribution in [0.3, 0.4) is 0 Å². The molecular formula is C14H19N5O2. The van der Waals surface area contributed by atoms with Crippen molar-refractivity contribution in [2.75, 3.05) is 0 Å². The van der Waals surface area contributed by atoms with Crippen LogP contribution in [0.2, 0.25) is 0 Å². The van der Waals surface area contributed by atoms with E-state index >= 15 is 0 Å². The van der Waals surface area contributed by atoms with Crippen LogP contribution in [0.25, 0.3) is 0 Å². The molecule has 112 valence electrons. The maximum Gasteiger partial charge on any atom is 0.325 e. The van der Waals surface area contributed by atoms with Crippen molar-refractivity contribution in [3.05, 3.63) is 12.2 Å². The van der Waals surface area contributed by atoms with Crippen LogP contribution >= 0.6 is 0 Å². The molecule has 1 saturated heterocycles. The van der Waals surface area contributed by atoms with Crippen LogP contribution < -0.4 is 5.32 Å². The normalized spacial score (nSPS) is 32.2. The van der Waals surface area contributed by atoms with E-state index in [1.807, 2.05) is 0 Å². The molecular weight excluding hydrogens is 270 g/mol. The summed E-state index contributed by atoms with van der Waals surface area (Å²) >= 11 is 0. The molecule has 4 rings (SSSR count). The first kappa shape index (κ1) is 12.8. The maximum atomic E-state index is 12.6. The first-order valence-electron chi connectivity index (χ1n) is 7.56. The molecule has 0 atom stereocenters. The summed E-state index contributed by atoms with van der Waals surface area (Å²) < 4.78 is 1.59. The number of hydrogen-bond donors (Lipinski definition) is 1. The van der Waals surface area contributed by atoms with Gasteiger partial charge in [-0.1, -0.05) is 19.3 Å². The highest BCUT2D eigenvalue weighted by molar-refractivity contribution is 6.07. The van der Waals surface area contributed by atoms with Gasteiger partial charge in [0.15, 0.2) is 0 Å². The summed E-state index contributed by atoms with van der Waals surface area (Å²) in [5.74, 6) is 1.90. The van der Waals surface area contributed by atoms with Crippen molar-refractivity contribution in [1.29, 1.82) is 0 Å². The summed E-state index contributed by atoms with van der Waals surface area (Å²) in [6.07, 6.45) is 6.92. The average Bonchev–Trinajstić information content (AvgIpc) is 2.84. The van der Waals surface area contributed by atoms with Crippen LogP contribution in [0.15, 0.2) is 6.33 Å². The Bertz CT molecular complexity index is 600. The lowest BCUT2D eigenvalue weighted by atomic mass is 9.58. The number of urea groups is 1. The summed E-state index contributed by atoms with van der Waals surface area (Å²) in [5.41, 5.74) is -0.629. The number of hydrogen-bond acceptors (Lipinski definition) is 4. The number of nitrogens with zero attached hydrogens (tertiary/aromatic N) is 4. The molecule has 0 bridgehead atoms. The summed E-state index contributed by atoms with van der Waals surface area (Å²) in [6.45, 7) is 0.191. The molecule has 3 fully saturated rings. The van der Waals surface area contributed by atoms with Crippen molar-refractivity contribution >= 4 is 11.9 Å². The first-order chi connectivity index (χ1) is 10.1. The SMILES string of the molecule is Cn1ncnc1CN1C(=O)NC2(CC(C3CCC3)C2)C1=O. The van der Waals surface area contributed by atoms with E-state index in [-0.39, 0.29) is 18.5 Å². The molecule has 1 aromatic heterocycles. The van der Waals surface area contributed by atoms with E-state index in [2.05, 4.69) is 15.4 Å². The van der Waals surface area contributed by atoms with E-state index < -0.39 is 5.54 Å². The van der Waals surface area contributed by atoms with Crippen molar-refractivity contribution < 1.29 is 9.59 Å². The largest absolute Gasteiger partial charge is 0.325 e. The Morgan fingerprint density at radius 3 is 2.67 bits per heavy atom. The van der Waals surface area contributed by atoms with Gasteiger partial charge in [0, 0.05) is 7.05 Å². The number of imide groups is 1. The third kappa shape index (κ3) is 1.79. The lowest BCUT2D eigenvalue weighted by Crippen LogP contribution is -2.59. The zero-order chi connectivity index (χ0) is 14.6. The monoisotopic (exact) mass is 289 g/mol. The average molecular weight is 289 g/mol. The van der Waals surface area contributed by atoms with Gasteiger partial charge in [0.25, 0.3) is 5.91 Å². The van der Waals surface area contributed by atoms with E-state index in [0.29, 0.717) is 11.7 Å². The smallest absolute Gasteiger partial charge is 0.323 e. The fourth-order valence-corrected chi connectivity index (χ4v) is 3.78. The minimum atomic E-state index is -0.629. The van der Waals surface area contributed by atoms with Crippen molar-refractivity contribution in [1.82, 2.24) is 25.0 Å². The molecule has 2 aliphatic carbocycles. The second kappa shape index (κ2) is 4.29. The van der Waals surface area contributed by atoms with E-state index in [1.54, 1.807) is 11.7 Å². The molecule has 21 heavy (non-hydrogen) atoms. The number of amides is 3. The summed E-state index contributed by atoms with van der Waals surface area (Å²) in [5, 5.41) is 6.88. The first-order valence-corrected chi connectivity index (χ1v) is 7.56. The summed E-state index contributed by atoms with van der Waals surface area (Å²) in [6, 6.07) is -0.296. The number of carbonyl (C=O) groups excluding carboxylic acids is 2. The fourth-order valence-electron chi connectivity index (χ4n) is 3.78. The van der Waals surface area contributed by atoms with Crippen LogP contribution in [0, 0.1) is 11.8 Å². The number of aromatic nitrogens is 3. The number of nitrogens with one attached hydrogen (secondary N) is 1. The van der Waals surface area contributed by atoms with Crippen LogP contribution in [0.1, 0.15) is 37.9 Å². The van der Waals surface area contributed by atoms with E-state index in [1.165, 1.54) is 30.5 Å². The second-order valence-electron chi connectivity index (χ2n) is 6.56. The zero-order valence-corrected chi connectivity index (χ0v) is 12.1. The molecule has 0 radical (unpaired) electrons. The maximum absolute atomic E-state index is 12.6. The number of carbonyl (C=O) groups is 2. The van der Waals surface area contributed by atoms with Gasteiger partial charge in [0.05, 0.1) is 6.54 Å². The molecule has 1 spiro atoms.